The van der Waals surface area contributed by atoms with Gasteiger partial charge in [-0.05, 0) is 37.4 Å². The van der Waals surface area contributed by atoms with Gasteiger partial charge in [0.05, 0.1) is 6.54 Å². The Kier molecular flexibility index (Phi) is 6.45. The van der Waals surface area contributed by atoms with Gasteiger partial charge < -0.3 is 15.1 Å². The molecule has 1 amide bonds. The maximum atomic E-state index is 11.7. The quantitative estimate of drug-likeness (QED) is 0.883. The van der Waals surface area contributed by atoms with Crippen LogP contribution in [0.5, 0.6) is 0 Å². The van der Waals surface area contributed by atoms with Gasteiger partial charge in [0.15, 0.2) is 11.5 Å². The van der Waals surface area contributed by atoms with Crippen LogP contribution in [-0.2, 0) is 4.79 Å². The summed E-state index contributed by atoms with van der Waals surface area (Å²) in [7, 11) is 0. The zero-order valence-electron chi connectivity index (χ0n) is 11.7. The van der Waals surface area contributed by atoms with E-state index in [2.05, 4.69) is 15.6 Å². The van der Waals surface area contributed by atoms with Crippen molar-refractivity contribution in [3.05, 3.63) is 24.1 Å². The summed E-state index contributed by atoms with van der Waals surface area (Å²) in [5, 5.41) is 6.01. The number of halogens is 2. The van der Waals surface area contributed by atoms with Crippen LogP contribution in [0.3, 0.4) is 0 Å². The number of aryl methyl sites for hydroxylation is 1. The molecule has 1 aliphatic carbocycles. The minimum absolute atomic E-state index is 0. The van der Waals surface area contributed by atoms with Gasteiger partial charge in [-0.25, -0.2) is 4.98 Å². The Morgan fingerprint density at radius 1 is 1.38 bits per heavy atom. The second-order valence-electron chi connectivity index (χ2n) is 5.04. The smallest absolute Gasteiger partial charge is 0.238 e. The van der Waals surface area contributed by atoms with Crippen molar-refractivity contribution in [2.45, 2.75) is 19.8 Å². The molecule has 1 heterocycles. The molecule has 1 aliphatic rings. The number of oxazole rings is 1. The van der Waals surface area contributed by atoms with Crippen molar-refractivity contribution in [2.75, 3.05) is 18.4 Å². The highest BCUT2D eigenvalue weighted by atomic mass is 35.5. The Balaban J connectivity index is 0.00000110. The average Bonchev–Trinajstić information content (AvgIpc) is 3.09. The normalized spacial score (nSPS) is 13.4. The molecule has 116 valence electrons. The van der Waals surface area contributed by atoms with Crippen molar-refractivity contribution in [3.8, 4) is 0 Å². The molecule has 0 atom stereocenters. The van der Waals surface area contributed by atoms with Crippen LogP contribution in [0, 0.1) is 12.8 Å². The number of benzene rings is 1. The Morgan fingerprint density at radius 2 is 2.14 bits per heavy atom. The molecule has 1 aromatic heterocycles. The molecule has 2 N–H and O–H groups in total. The number of carbonyl (C=O) groups excluding carboxylic acids is 1. The molecule has 2 aromatic rings. The van der Waals surface area contributed by atoms with E-state index in [-0.39, 0.29) is 30.7 Å². The van der Waals surface area contributed by atoms with E-state index in [9.17, 15) is 4.79 Å². The Hall–Kier alpha value is -1.30. The molecule has 1 saturated carbocycles. The first-order valence-corrected chi connectivity index (χ1v) is 6.58. The van der Waals surface area contributed by atoms with Crippen LogP contribution < -0.4 is 10.6 Å². The van der Waals surface area contributed by atoms with E-state index in [1.54, 1.807) is 13.0 Å². The van der Waals surface area contributed by atoms with Crippen LogP contribution >= 0.6 is 24.8 Å². The molecule has 0 radical (unpaired) electrons. The van der Waals surface area contributed by atoms with Gasteiger partial charge in [-0.2, -0.15) is 0 Å². The Labute approximate surface area is 135 Å². The van der Waals surface area contributed by atoms with E-state index >= 15 is 0 Å². The van der Waals surface area contributed by atoms with Gasteiger partial charge >= 0.3 is 0 Å². The molecule has 0 spiro atoms. The summed E-state index contributed by atoms with van der Waals surface area (Å²) >= 11 is 0. The zero-order valence-corrected chi connectivity index (χ0v) is 13.4. The van der Waals surface area contributed by atoms with E-state index in [0.29, 0.717) is 18.0 Å². The van der Waals surface area contributed by atoms with Crippen LogP contribution in [0.4, 0.5) is 5.69 Å². The molecule has 21 heavy (non-hydrogen) atoms. The molecule has 0 aliphatic heterocycles. The molecular weight excluding hydrogens is 313 g/mol. The van der Waals surface area contributed by atoms with Gasteiger partial charge in [0.1, 0.15) is 5.52 Å². The second kappa shape index (κ2) is 7.64. The highest BCUT2D eigenvalue weighted by Gasteiger charge is 2.20. The Morgan fingerprint density at radius 3 is 2.86 bits per heavy atom. The Bertz CT molecular complexity index is 611. The highest BCUT2D eigenvalue weighted by molar-refractivity contribution is 5.94. The third kappa shape index (κ3) is 4.88. The molecule has 0 bridgehead atoms. The van der Waals surface area contributed by atoms with E-state index < -0.39 is 0 Å². The summed E-state index contributed by atoms with van der Waals surface area (Å²) in [6, 6.07) is 5.48. The zero-order chi connectivity index (χ0) is 13.2. The van der Waals surface area contributed by atoms with Crippen molar-refractivity contribution >= 4 is 47.5 Å². The first-order valence-electron chi connectivity index (χ1n) is 6.58. The average molecular weight is 332 g/mol. The lowest BCUT2D eigenvalue weighted by atomic mass is 10.3. The lowest BCUT2D eigenvalue weighted by Gasteiger charge is -2.05. The fourth-order valence-corrected chi connectivity index (χ4v) is 2.03. The first kappa shape index (κ1) is 17.8. The number of fused-ring (bicyclic) bond motifs is 1. The molecule has 1 aromatic carbocycles. The number of aromatic nitrogens is 1. The number of carbonyl (C=O) groups is 1. The number of hydrogen-bond acceptors (Lipinski definition) is 4. The molecule has 0 saturated heterocycles. The van der Waals surface area contributed by atoms with Gasteiger partial charge in [0.2, 0.25) is 5.91 Å². The van der Waals surface area contributed by atoms with Gasteiger partial charge in [-0.15, -0.1) is 24.8 Å². The van der Waals surface area contributed by atoms with Crippen LogP contribution in [-0.4, -0.2) is 24.0 Å². The van der Waals surface area contributed by atoms with Crippen molar-refractivity contribution < 1.29 is 9.21 Å². The van der Waals surface area contributed by atoms with E-state index in [1.807, 2.05) is 12.1 Å². The predicted octanol–water partition coefficient (Wildman–Crippen LogP) is 2.92. The third-order valence-corrected chi connectivity index (χ3v) is 3.19. The minimum atomic E-state index is -0.0313. The number of rotatable bonds is 5. The number of nitrogens with one attached hydrogen (secondary N) is 2. The SMILES string of the molecule is Cc1nc2ccc(NC(=O)CNCC3CC3)cc2o1.Cl.Cl. The van der Waals surface area contributed by atoms with Gasteiger partial charge in [0.25, 0.3) is 0 Å². The maximum Gasteiger partial charge on any atom is 0.238 e. The molecule has 1 fully saturated rings. The second-order valence-corrected chi connectivity index (χ2v) is 5.04. The maximum absolute atomic E-state index is 11.7. The highest BCUT2D eigenvalue weighted by Crippen LogP contribution is 2.27. The van der Waals surface area contributed by atoms with Crippen LogP contribution in [0.1, 0.15) is 18.7 Å². The van der Waals surface area contributed by atoms with E-state index in [0.717, 1.165) is 23.7 Å². The van der Waals surface area contributed by atoms with Gasteiger partial charge in [-0.1, -0.05) is 0 Å². The van der Waals surface area contributed by atoms with E-state index in [1.165, 1.54) is 12.8 Å². The summed E-state index contributed by atoms with van der Waals surface area (Å²) < 4.78 is 5.43. The van der Waals surface area contributed by atoms with Crippen LogP contribution in [0.2, 0.25) is 0 Å². The first-order chi connectivity index (χ1) is 9.20. The molecule has 0 unspecified atom stereocenters. The number of amides is 1. The summed E-state index contributed by atoms with van der Waals surface area (Å²) in [6.07, 6.45) is 2.58. The lowest BCUT2D eigenvalue weighted by Crippen LogP contribution is -2.29. The molecule has 7 heteroatoms. The van der Waals surface area contributed by atoms with Gasteiger partial charge in [0, 0.05) is 18.7 Å². The van der Waals surface area contributed by atoms with Crippen molar-refractivity contribution in [3.63, 3.8) is 0 Å². The third-order valence-electron chi connectivity index (χ3n) is 3.19. The minimum Gasteiger partial charge on any atom is -0.441 e. The van der Waals surface area contributed by atoms with Crippen LogP contribution in [0.25, 0.3) is 11.1 Å². The fourth-order valence-electron chi connectivity index (χ4n) is 2.03. The summed E-state index contributed by atoms with van der Waals surface area (Å²) in [5.41, 5.74) is 2.24. The predicted molar refractivity (Wildman–Crippen MR) is 87.5 cm³/mol. The van der Waals surface area contributed by atoms with Gasteiger partial charge in [-0.3, -0.25) is 4.79 Å². The molecular formula is C14H19Cl2N3O2. The number of anilines is 1. The number of hydrogen-bond donors (Lipinski definition) is 2. The molecule has 3 rings (SSSR count). The number of nitrogens with zero attached hydrogens (tertiary/aromatic N) is 1. The lowest BCUT2D eigenvalue weighted by molar-refractivity contribution is -0.115. The summed E-state index contributed by atoms with van der Waals surface area (Å²) in [4.78, 5) is 16.0. The monoisotopic (exact) mass is 331 g/mol. The van der Waals surface area contributed by atoms with Crippen molar-refractivity contribution in [1.29, 1.82) is 0 Å². The topological polar surface area (TPSA) is 67.2 Å². The molecule has 5 nitrogen and oxygen atoms in total. The van der Waals surface area contributed by atoms with E-state index in [4.69, 9.17) is 4.42 Å². The van der Waals surface area contributed by atoms with Crippen molar-refractivity contribution in [1.82, 2.24) is 10.3 Å². The summed E-state index contributed by atoms with van der Waals surface area (Å²) in [5.74, 6) is 1.38. The standard InChI is InChI=1S/C14H17N3O2.2ClH/c1-9-16-12-5-4-11(6-13(12)19-9)17-14(18)8-15-7-10-2-3-10;;/h4-6,10,15H,2-3,7-8H2,1H3,(H,17,18);2*1H. The summed E-state index contributed by atoms with van der Waals surface area (Å²) in [6.45, 7) is 3.10. The largest absolute Gasteiger partial charge is 0.441 e. The fraction of sp³-hybridized carbons (Fsp3) is 0.429. The van der Waals surface area contributed by atoms with Crippen molar-refractivity contribution in [2.24, 2.45) is 5.92 Å². The van der Waals surface area contributed by atoms with Crippen LogP contribution in [0.15, 0.2) is 22.6 Å².